The van der Waals surface area contributed by atoms with Crippen molar-refractivity contribution >= 4 is 5.78 Å². The van der Waals surface area contributed by atoms with Crippen molar-refractivity contribution in [3.63, 3.8) is 0 Å². The predicted molar refractivity (Wildman–Crippen MR) is 126 cm³/mol. The SMILES string of the molecule is C=CCC(CC=C)(CC=C)CCC(=O)CC(F)(F)COCC(F)(F)OC(F)(F)CC(F)(F)COC1CCC1(F)F. The highest BCUT2D eigenvalue weighted by Gasteiger charge is 2.54. The maximum atomic E-state index is 14.1. The molecule has 1 aliphatic carbocycles. The van der Waals surface area contributed by atoms with Crippen molar-refractivity contribution in [2.45, 2.75) is 93.9 Å². The highest BCUT2D eigenvalue weighted by Crippen LogP contribution is 2.42. The minimum absolute atomic E-state index is 0.187. The van der Waals surface area contributed by atoms with Crippen LogP contribution in [-0.4, -0.2) is 61.7 Å². The van der Waals surface area contributed by atoms with Crippen LogP contribution in [0.15, 0.2) is 38.0 Å². The van der Waals surface area contributed by atoms with Crippen molar-refractivity contribution in [1.82, 2.24) is 0 Å². The van der Waals surface area contributed by atoms with Gasteiger partial charge in [0.25, 0.3) is 17.8 Å². The fourth-order valence-electron chi connectivity index (χ4n) is 4.17. The first-order valence-corrected chi connectivity index (χ1v) is 12.3. The Bertz CT molecular complexity index is 834. The Kier molecular flexibility index (Phi) is 12.9. The molecule has 14 heteroatoms. The van der Waals surface area contributed by atoms with Gasteiger partial charge in [-0.3, -0.25) is 9.53 Å². The van der Waals surface area contributed by atoms with Gasteiger partial charge in [0, 0.05) is 12.8 Å². The van der Waals surface area contributed by atoms with E-state index in [9.17, 15) is 48.7 Å². The highest BCUT2D eigenvalue weighted by atomic mass is 19.3. The third-order valence-corrected chi connectivity index (χ3v) is 6.18. The number of halogens is 10. The number of Topliss-reactive ketones (excluding diaryl/α,β-unsaturated/α-hetero) is 1. The van der Waals surface area contributed by atoms with Crippen molar-refractivity contribution in [2.75, 3.05) is 19.8 Å². The quantitative estimate of drug-likeness (QED) is 0.0930. The van der Waals surface area contributed by atoms with Crippen LogP contribution in [0.25, 0.3) is 0 Å². The largest absolute Gasteiger partial charge is 0.383 e. The molecule has 1 unspecified atom stereocenters. The van der Waals surface area contributed by atoms with Gasteiger partial charge in [0.1, 0.15) is 38.1 Å². The first-order valence-electron chi connectivity index (χ1n) is 12.3. The van der Waals surface area contributed by atoms with Gasteiger partial charge in [-0.15, -0.1) is 19.7 Å². The molecule has 1 rings (SSSR count). The molecule has 1 atom stereocenters. The molecule has 0 saturated heterocycles. The van der Waals surface area contributed by atoms with Crippen molar-refractivity contribution in [2.24, 2.45) is 5.41 Å². The molecule has 0 bridgehead atoms. The van der Waals surface area contributed by atoms with Crippen LogP contribution in [0.3, 0.4) is 0 Å². The average Bonchev–Trinajstić information content (AvgIpc) is 2.75. The van der Waals surface area contributed by atoms with Crippen molar-refractivity contribution in [3.05, 3.63) is 38.0 Å². The number of rotatable bonds is 22. The summed E-state index contributed by atoms with van der Waals surface area (Å²) in [5.74, 6) is -12.8. The van der Waals surface area contributed by atoms with Gasteiger partial charge < -0.3 is 9.47 Å². The van der Waals surface area contributed by atoms with Gasteiger partial charge in [0.05, 0.1) is 6.42 Å². The summed E-state index contributed by atoms with van der Waals surface area (Å²) in [5, 5.41) is 0. The van der Waals surface area contributed by atoms with Crippen molar-refractivity contribution < 1.29 is 62.9 Å². The van der Waals surface area contributed by atoms with Crippen LogP contribution in [-0.2, 0) is 19.0 Å². The molecule has 0 N–H and O–H groups in total. The zero-order valence-electron chi connectivity index (χ0n) is 21.8. The van der Waals surface area contributed by atoms with Crippen LogP contribution in [0.2, 0.25) is 0 Å². The van der Waals surface area contributed by atoms with Crippen LogP contribution in [0.1, 0.15) is 57.8 Å². The van der Waals surface area contributed by atoms with Gasteiger partial charge in [-0.1, -0.05) is 18.2 Å². The molecule has 232 valence electrons. The summed E-state index contributed by atoms with van der Waals surface area (Å²) >= 11 is 0. The van der Waals surface area contributed by atoms with E-state index < -0.39 is 86.4 Å². The molecule has 0 amide bonds. The number of allylic oxidation sites excluding steroid dienone is 3. The lowest BCUT2D eigenvalue weighted by Crippen LogP contribution is -2.48. The molecule has 0 aromatic rings. The van der Waals surface area contributed by atoms with Crippen molar-refractivity contribution in [1.29, 1.82) is 0 Å². The van der Waals surface area contributed by atoms with E-state index in [0.717, 1.165) is 0 Å². The number of ketones is 1. The number of carbonyl (C=O) groups is 1. The fourth-order valence-corrected chi connectivity index (χ4v) is 4.17. The van der Waals surface area contributed by atoms with Crippen LogP contribution >= 0.6 is 0 Å². The number of ether oxygens (including phenoxy) is 3. The van der Waals surface area contributed by atoms with E-state index in [2.05, 4.69) is 33.9 Å². The van der Waals surface area contributed by atoms with Gasteiger partial charge in [-0.05, 0) is 37.5 Å². The van der Waals surface area contributed by atoms with E-state index in [1.54, 1.807) is 18.2 Å². The fraction of sp³-hybridized carbons (Fsp3) is 0.731. The van der Waals surface area contributed by atoms with Gasteiger partial charge in [0.15, 0.2) is 0 Å². The maximum absolute atomic E-state index is 14.1. The summed E-state index contributed by atoms with van der Waals surface area (Å²) in [7, 11) is 0. The number of hydrogen-bond donors (Lipinski definition) is 0. The molecule has 1 saturated carbocycles. The lowest BCUT2D eigenvalue weighted by atomic mass is 9.74. The van der Waals surface area contributed by atoms with E-state index in [1.807, 2.05) is 0 Å². The van der Waals surface area contributed by atoms with Crippen LogP contribution < -0.4 is 0 Å². The summed E-state index contributed by atoms with van der Waals surface area (Å²) in [5.41, 5.74) is -0.511. The predicted octanol–water partition coefficient (Wildman–Crippen LogP) is 8.13. The molecule has 0 aromatic heterocycles. The Morgan fingerprint density at radius 2 is 1.38 bits per heavy atom. The Hall–Kier alpha value is -1.93. The minimum Gasteiger partial charge on any atom is -0.366 e. The second kappa shape index (κ2) is 14.3. The zero-order chi connectivity index (χ0) is 30.9. The van der Waals surface area contributed by atoms with E-state index in [0.29, 0.717) is 19.3 Å². The molecular formula is C26H34F10O4. The summed E-state index contributed by atoms with van der Waals surface area (Å²) < 4.78 is 148. The first kappa shape index (κ1) is 36.1. The van der Waals surface area contributed by atoms with Crippen LogP contribution in [0, 0.1) is 5.41 Å². The second-order valence-electron chi connectivity index (χ2n) is 10.1. The third kappa shape index (κ3) is 12.7. The average molecular weight is 601 g/mol. The van der Waals surface area contributed by atoms with Gasteiger partial charge in [0.2, 0.25) is 0 Å². The Morgan fingerprint density at radius 3 is 1.82 bits per heavy atom. The molecule has 0 aliphatic heterocycles. The lowest BCUT2D eigenvalue weighted by molar-refractivity contribution is -0.397. The van der Waals surface area contributed by atoms with Crippen molar-refractivity contribution in [3.8, 4) is 0 Å². The number of carbonyl (C=O) groups excluding carboxylic acids is 1. The summed E-state index contributed by atoms with van der Waals surface area (Å²) in [6, 6.07) is 0. The highest BCUT2D eigenvalue weighted by molar-refractivity contribution is 5.79. The second-order valence-corrected chi connectivity index (χ2v) is 10.1. The first-order chi connectivity index (χ1) is 18.2. The van der Waals surface area contributed by atoms with Gasteiger partial charge in [-0.2, -0.15) is 17.6 Å². The number of hydrogen-bond acceptors (Lipinski definition) is 4. The van der Waals surface area contributed by atoms with Crippen LogP contribution in [0.5, 0.6) is 0 Å². The lowest BCUT2D eigenvalue weighted by Gasteiger charge is -2.36. The third-order valence-electron chi connectivity index (χ3n) is 6.18. The molecule has 40 heavy (non-hydrogen) atoms. The summed E-state index contributed by atoms with van der Waals surface area (Å²) in [6.45, 7) is 5.09. The maximum Gasteiger partial charge on any atom is 0.383 e. The molecular weight excluding hydrogens is 566 g/mol. The summed E-state index contributed by atoms with van der Waals surface area (Å²) in [4.78, 5) is 12.1. The summed E-state index contributed by atoms with van der Waals surface area (Å²) in [6.07, 6.45) is -11.0. The molecule has 0 radical (unpaired) electrons. The monoisotopic (exact) mass is 600 g/mol. The zero-order valence-corrected chi connectivity index (χ0v) is 21.8. The number of alkyl halides is 10. The molecule has 0 heterocycles. The van der Waals surface area contributed by atoms with E-state index in [-0.39, 0.29) is 19.3 Å². The Morgan fingerprint density at radius 1 is 0.825 bits per heavy atom. The molecule has 1 fully saturated rings. The topological polar surface area (TPSA) is 44.8 Å². The van der Waals surface area contributed by atoms with E-state index >= 15 is 0 Å². The van der Waals surface area contributed by atoms with E-state index in [4.69, 9.17) is 0 Å². The Balaban J connectivity index is 2.56. The molecule has 0 spiro atoms. The van der Waals surface area contributed by atoms with E-state index in [1.165, 1.54) is 0 Å². The van der Waals surface area contributed by atoms with Gasteiger partial charge in [-0.25, -0.2) is 26.3 Å². The smallest absolute Gasteiger partial charge is 0.366 e. The molecule has 0 aromatic carbocycles. The van der Waals surface area contributed by atoms with Crippen LogP contribution in [0.4, 0.5) is 43.9 Å². The molecule has 1 aliphatic rings. The van der Waals surface area contributed by atoms with Gasteiger partial charge >= 0.3 is 12.2 Å². The normalized spacial score (nSPS) is 18.2. The Labute approximate surface area is 226 Å². The minimum atomic E-state index is -5.20. The molecule has 4 nitrogen and oxygen atoms in total. The standard InChI is InChI=1S/C26H34F10O4/c1-4-9-21(10-5-2,11-6-3)12-7-19(37)14-22(27,28)16-38-18-26(35,36)40-25(33,34)15-23(29,30)17-39-20-8-13-24(20,31)32/h4-6,20H,1-3,7-18H2.